The minimum Gasteiger partial charge on any atom is 0 e. The Morgan fingerprint density at radius 2 is 1.49 bits per heavy atom. The Balaban J connectivity index is 0.000000188. The van der Waals surface area contributed by atoms with Crippen molar-refractivity contribution in [3.63, 3.8) is 0 Å². The Morgan fingerprint density at radius 1 is 0.674 bits per heavy atom. The van der Waals surface area contributed by atoms with E-state index < -0.39 is 13.3 Å². The molecule has 0 fully saturated rings. The summed E-state index contributed by atoms with van der Waals surface area (Å²) < 4.78 is 7.71. The number of aromatic nitrogens is 2. The van der Waals surface area contributed by atoms with Crippen molar-refractivity contribution < 1.29 is 24.5 Å². The van der Waals surface area contributed by atoms with Crippen LogP contribution in [-0.2, 0) is 20.1 Å². The number of benzene rings is 4. The minimum absolute atomic E-state index is 0. The second-order valence-electron chi connectivity index (χ2n) is 11.5. The standard InChI is InChI=1S/C24H16NO.C14H16GeN.Ir/c1-16-12-13-25-22(14-16)21-9-5-8-20-19-11-10-18(15-23(19)26-24(20)21)17-6-3-2-4-7-17;1-15(2,3)13-9-10-14(16-11-13)12-7-5-4-6-8-12;/h2-8,10-15H,1H3;4-7,9-11H,1-3H3;/q2*-1;. The largest absolute Gasteiger partial charge is 0 e. The topological polar surface area (TPSA) is 38.9 Å². The second-order valence-corrected chi connectivity index (χ2v) is 22.1. The normalized spacial score (nSPS) is 11.1. The fourth-order valence-electron chi connectivity index (χ4n) is 4.96. The van der Waals surface area contributed by atoms with Crippen molar-refractivity contribution in [3.8, 4) is 33.6 Å². The number of furan rings is 1. The molecule has 215 valence electrons. The minimum atomic E-state index is -1.72. The van der Waals surface area contributed by atoms with Gasteiger partial charge in [0.2, 0.25) is 0 Å². The van der Waals surface area contributed by atoms with Gasteiger partial charge in [0.25, 0.3) is 0 Å². The van der Waals surface area contributed by atoms with Crippen LogP contribution in [0.25, 0.3) is 55.6 Å². The number of rotatable bonds is 4. The van der Waals surface area contributed by atoms with E-state index in [2.05, 4.69) is 113 Å². The molecule has 3 heterocycles. The monoisotopic (exact) mass is 799 g/mol. The molecule has 0 saturated carbocycles. The van der Waals surface area contributed by atoms with Crippen molar-refractivity contribution >= 4 is 39.6 Å². The Morgan fingerprint density at radius 3 is 2.19 bits per heavy atom. The molecule has 0 bridgehead atoms. The zero-order valence-corrected chi connectivity index (χ0v) is 29.2. The summed E-state index contributed by atoms with van der Waals surface area (Å²) in [5, 5.41) is 2.21. The molecule has 3 aromatic heterocycles. The summed E-state index contributed by atoms with van der Waals surface area (Å²) >= 11 is -1.72. The molecule has 4 aromatic carbocycles. The van der Waals surface area contributed by atoms with Crippen LogP contribution in [0, 0.1) is 19.1 Å². The maximum atomic E-state index is 6.27. The van der Waals surface area contributed by atoms with Crippen LogP contribution in [0.4, 0.5) is 0 Å². The Kier molecular flexibility index (Phi) is 9.41. The van der Waals surface area contributed by atoms with E-state index in [1.54, 1.807) is 0 Å². The number of aryl methyl sites for hydroxylation is 1. The van der Waals surface area contributed by atoms with Crippen LogP contribution in [0.3, 0.4) is 0 Å². The molecule has 1 radical (unpaired) electrons. The summed E-state index contributed by atoms with van der Waals surface area (Å²) in [4.78, 5) is 9.04. The molecule has 43 heavy (non-hydrogen) atoms. The van der Waals surface area contributed by atoms with Crippen LogP contribution in [0.15, 0.2) is 126 Å². The Labute approximate surface area is 269 Å². The fraction of sp³-hybridized carbons (Fsp3) is 0.105. The van der Waals surface area contributed by atoms with Gasteiger partial charge in [0.1, 0.15) is 5.58 Å². The number of fused-ring (bicyclic) bond motifs is 3. The van der Waals surface area contributed by atoms with E-state index >= 15 is 0 Å². The summed E-state index contributed by atoms with van der Waals surface area (Å²) in [5.41, 5.74) is 9.09. The van der Waals surface area contributed by atoms with Crippen LogP contribution in [0.5, 0.6) is 0 Å². The third kappa shape index (κ3) is 6.88. The SMILES string of the molecule is Cc1ccnc(-c2[c-]ccc3c2oc2cc(-c4ccccc4)ccc23)c1.[CH3][Ge]([CH3])([CH3])[c]1ccc(-c2[c-]cccc2)nc1.[Ir]. The third-order valence-electron chi connectivity index (χ3n) is 7.33. The summed E-state index contributed by atoms with van der Waals surface area (Å²) in [6, 6.07) is 43.6. The van der Waals surface area contributed by atoms with Crippen LogP contribution >= 0.6 is 0 Å². The summed E-state index contributed by atoms with van der Waals surface area (Å²) in [6.45, 7) is 2.07. The van der Waals surface area contributed by atoms with Gasteiger partial charge in [-0.05, 0) is 35.9 Å². The van der Waals surface area contributed by atoms with Gasteiger partial charge in [-0.25, -0.2) is 0 Å². The average Bonchev–Trinajstić information content (AvgIpc) is 3.40. The van der Waals surface area contributed by atoms with Crippen molar-refractivity contribution in [1.82, 2.24) is 9.97 Å². The third-order valence-corrected chi connectivity index (χ3v) is 11.6. The van der Waals surface area contributed by atoms with Crippen molar-refractivity contribution in [3.05, 3.63) is 139 Å². The quantitative estimate of drug-likeness (QED) is 0.132. The molecule has 0 aliphatic heterocycles. The number of pyridine rings is 2. The van der Waals surface area contributed by atoms with Crippen molar-refractivity contribution in [2.45, 2.75) is 24.2 Å². The van der Waals surface area contributed by atoms with E-state index in [0.717, 1.165) is 50.0 Å². The molecule has 7 aromatic rings. The number of hydrogen-bond acceptors (Lipinski definition) is 3. The maximum absolute atomic E-state index is 6.27. The number of nitrogens with zero attached hydrogens (tertiary/aromatic N) is 2. The van der Waals surface area contributed by atoms with E-state index in [0.29, 0.717) is 0 Å². The smallest absolute Gasteiger partial charge is 0 e. The molecule has 7 rings (SSSR count). The van der Waals surface area contributed by atoms with Crippen molar-refractivity contribution in [2.24, 2.45) is 0 Å². The fourth-order valence-corrected chi connectivity index (χ4v) is 7.14. The molecule has 3 nitrogen and oxygen atoms in total. The summed E-state index contributed by atoms with van der Waals surface area (Å²) in [7, 11) is 0. The molecule has 0 aliphatic carbocycles. The first kappa shape index (κ1) is 30.6. The Bertz CT molecular complexity index is 1960. The van der Waals surface area contributed by atoms with Crippen LogP contribution in [0.2, 0.25) is 17.3 Å². The second kappa shape index (κ2) is 13.2. The molecule has 5 heteroatoms. The predicted octanol–water partition coefficient (Wildman–Crippen LogP) is 9.52. The van der Waals surface area contributed by atoms with E-state index in [1.165, 1.54) is 15.5 Å². The van der Waals surface area contributed by atoms with Crippen molar-refractivity contribution in [2.75, 3.05) is 0 Å². The van der Waals surface area contributed by atoms with Crippen LogP contribution in [-0.4, -0.2) is 23.2 Å². The predicted molar refractivity (Wildman–Crippen MR) is 177 cm³/mol. The van der Waals surface area contributed by atoms with E-state index in [9.17, 15) is 0 Å². The van der Waals surface area contributed by atoms with Crippen LogP contribution < -0.4 is 4.40 Å². The van der Waals surface area contributed by atoms with E-state index in [-0.39, 0.29) is 20.1 Å². The molecule has 0 spiro atoms. The first-order valence-electron chi connectivity index (χ1n) is 14.2. The molecule has 0 atom stereocenters. The first-order valence-corrected chi connectivity index (χ1v) is 21.5. The van der Waals surface area contributed by atoms with E-state index in [4.69, 9.17) is 4.42 Å². The van der Waals surface area contributed by atoms with E-state index in [1.807, 2.05) is 54.9 Å². The molecule has 0 aliphatic rings. The van der Waals surface area contributed by atoms with Gasteiger partial charge < -0.3 is 9.40 Å². The zero-order chi connectivity index (χ0) is 29.1. The molecule has 0 amide bonds. The molecule has 0 saturated heterocycles. The van der Waals surface area contributed by atoms with Crippen molar-refractivity contribution in [1.29, 1.82) is 0 Å². The molecular weight excluding hydrogens is 765 g/mol. The molecular formula is C38H32GeIrN2O-2. The van der Waals surface area contributed by atoms with Gasteiger partial charge in [0.05, 0.1) is 5.58 Å². The molecule has 0 N–H and O–H groups in total. The molecule has 0 unspecified atom stereocenters. The average molecular weight is 798 g/mol. The van der Waals surface area contributed by atoms with Gasteiger partial charge in [-0.1, -0.05) is 65.0 Å². The number of hydrogen-bond donors (Lipinski definition) is 0. The van der Waals surface area contributed by atoms with Gasteiger partial charge in [-0.15, -0.1) is 18.2 Å². The summed E-state index contributed by atoms with van der Waals surface area (Å²) in [6.07, 6.45) is 3.86. The van der Waals surface area contributed by atoms with Gasteiger partial charge in [0, 0.05) is 31.7 Å². The van der Waals surface area contributed by atoms with Gasteiger partial charge >= 0.3 is 99.8 Å². The van der Waals surface area contributed by atoms with Crippen LogP contribution in [0.1, 0.15) is 5.56 Å². The maximum Gasteiger partial charge on any atom is 0 e. The van der Waals surface area contributed by atoms with Gasteiger partial charge in [-0.3, -0.25) is 0 Å². The zero-order valence-electron chi connectivity index (χ0n) is 24.7. The van der Waals surface area contributed by atoms with Gasteiger partial charge in [-0.2, -0.15) is 0 Å². The Hall–Kier alpha value is -3.83. The first-order chi connectivity index (χ1) is 20.4. The summed E-state index contributed by atoms with van der Waals surface area (Å²) in [5.74, 6) is 7.14. The van der Waals surface area contributed by atoms with Gasteiger partial charge in [0.15, 0.2) is 0 Å².